The summed E-state index contributed by atoms with van der Waals surface area (Å²) in [7, 11) is 0. The van der Waals surface area contributed by atoms with Gasteiger partial charge >= 0.3 is 0 Å². The second-order valence-corrected chi connectivity index (χ2v) is 5.77. The maximum absolute atomic E-state index is 6.03. The Morgan fingerprint density at radius 3 is 2.35 bits per heavy atom. The smallest absolute Gasteiger partial charge is 0.0409 e. The van der Waals surface area contributed by atoms with Crippen molar-refractivity contribution in [2.45, 2.75) is 32.2 Å². The van der Waals surface area contributed by atoms with Crippen molar-refractivity contribution in [1.29, 1.82) is 0 Å². The predicted molar refractivity (Wildman–Crippen MR) is 87.3 cm³/mol. The Morgan fingerprint density at radius 1 is 0.950 bits per heavy atom. The Kier molecular flexibility index (Phi) is 5.63. The summed E-state index contributed by atoms with van der Waals surface area (Å²) in [6, 6.07) is 19.1. The van der Waals surface area contributed by atoms with Crippen molar-refractivity contribution in [1.82, 2.24) is 5.32 Å². The van der Waals surface area contributed by atoms with Gasteiger partial charge in [-0.25, -0.2) is 0 Å². The molecule has 2 heteroatoms. The molecule has 0 aliphatic rings. The molecule has 20 heavy (non-hydrogen) atoms. The van der Waals surface area contributed by atoms with Crippen LogP contribution < -0.4 is 5.32 Å². The zero-order valence-corrected chi connectivity index (χ0v) is 12.9. The molecular formula is C18H22ClN. The van der Waals surface area contributed by atoms with Gasteiger partial charge in [0.15, 0.2) is 0 Å². The Hall–Kier alpha value is -1.31. The van der Waals surface area contributed by atoms with Gasteiger partial charge in [0, 0.05) is 11.1 Å². The molecule has 0 heterocycles. The molecule has 0 aliphatic heterocycles. The lowest BCUT2D eigenvalue weighted by Gasteiger charge is -2.17. The van der Waals surface area contributed by atoms with E-state index in [2.05, 4.69) is 55.6 Å². The second kappa shape index (κ2) is 7.47. The van der Waals surface area contributed by atoms with Crippen molar-refractivity contribution in [3.05, 3.63) is 70.7 Å². The van der Waals surface area contributed by atoms with Gasteiger partial charge in [-0.3, -0.25) is 0 Å². The van der Waals surface area contributed by atoms with Crippen molar-refractivity contribution in [3.8, 4) is 0 Å². The Bertz CT molecular complexity index is 524. The van der Waals surface area contributed by atoms with Crippen LogP contribution in [0.2, 0.25) is 5.02 Å². The van der Waals surface area contributed by atoms with E-state index in [1.54, 1.807) is 0 Å². The molecule has 2 rings (SSSR count). The third-order valence-electron chi connectivity index (χ3n) is 3.75. The summed E-state index contributed by atoms with van der Waals surface area (Å²) in [6.07, 6.45) is 1.13. The van der Waals surface area contributed by atoms with E-state index in [1.807, 2.05) is 18.2 Å². The molecule has 1 N–H and O–H groups in total. The summed E-state index contributed by atoms with van der Waals surface area (Å²) < 4.78 is 0. The summed E-state index contributed by atoms with van der Waals surface area (Å²) in [5.74, 6) is 0.579. The van der Waals surface area contributed by atoms with Crippen molar-refractivity contribution in [2.24, 2.45) is 0 Å². The SMILES string of the molecule is CC(CCN[C@@H](C)c1cccc(Cl)c1)c1ccccc1. The number of hydrogen-bond donors (Lipinski definition) is 1. The van der Waals surface area contributed by atoms with Gasteiger partial charge in [-0.15, -0.1) is 0 Å². The van der Waals surface area contributed by atoms with Gasteiger partial charge in [0.25, 0.3) is 0 Å². The first kappa shape index (κ1) is 15.1. The summed E-state index contributed by atoms with van der Waals surface area (Å²) in [5, 5.41) is 4.37. The minimum Gasteiger partial charge on any atom is -0.310 e. The van der Waals surface area contributed by atoms with E-state index in [-0.39, 0.29) is 0 Å². The van der Waals surface area contributed by atoms with Crippen molar-refractivity contribution in [2.75, 3.05) is 6.54 Å². The molecule has 0 aliphatic carbocycles. The van der Waals surface area contributed by atoms with Crippen LogP contribution in [0, 0.1) is 0 Å². The first-order valence-electron chi connectivity index (χ1n) is 7.20. The largest absolute Gasteiger partial charge is 0.310 e. The molecule has 0 amide bonds. The van der Waals surface area contributed by atoms with Gasteiger partial charge in [0.1, 0.15) is 0 Å². The first-order valence-corrected chi connectivity index (χ1v) is 7.58. The zero-order chi connectivity index (χ0) is 14.4. The number of halogens is 1. The Labute approximate surface area is 127 Å². The monoisotopic (exact) mass is 287 g/mol. The maximum Gasteiger partial charge on any atom is 0.0409 e. The minimum absolute atomic E-state index is 0.330. The van der Waals surface area contributed by atoms with Gasteiger partial charge in [0.05, 0.1) is 0 Å². The van der Waals surface area contributed by atoms with E-state index in [0.717, 1.165) is 18.0 Å². The van der Waals surface area contributed by atoms with Crippen LogP contribution in [-0.2, 0) is 0 Å². The van der Waals surface area contributed by atoms with Gasteiger partial charge in [-0.2, -0.15) is 0 Å². The molecule has 2 aromatic carbocycles. The highest BCUT2D eigenvalue weighted by Crippen LogP contribution is 2.20. The minimum atomic E-state index is 0.330. The molecule has 106 valence electrons. The molecule has 2 aromatic rings. The highest BCUT2D eigenvalue weighted by Gasteiger charge is 2.08. The maximum atomic E-state index is 6.03. The summed E-state index contributed by atoms with van der Waals surface area (Å²) in [5.41, 5.74) is 2.65. The molecule has 0 spiro atoms. The van der Waals surface area contributed by atoms with Crippen molar-refractivity contribution >= 4 is 11.6 Å². The second-order valence-electron chi connectivity index (χ2n) is 5.33. The van der Waals surface area contributed by atoms with E-state index >= 15 is 0 Å². The fourth-order valence-corrected chi connectivity index (χ4v) is 2.56. The molecule has 1 nitrogen and oxygen atoms in total. The highest BCUT2D eigenvalue weighted by atomic mass is 35.5. The van der Waals surface area contributed by atoms with Crippen molar-refractivity contribution in [3.63, 3.8) is 0 Å². The lowest BCUT2D eigenvalue weighted by molar-refractivity contribution is 0.531. The third-order valence-corrected chi connectivity index (χ3v) is 3.98. The third kappa shape index (κ3) is 4.36. The van der Waals surface area contributed by atoms with Gasteiger partial charge in [0.2, 0.25) is 0 Å². The number of benzene rings is 2. The molecule has 0 bridgehead atoms. The lowest BCUT2D eigenvalue weighted by atomic mass is 9.98. The Balaban J connectivity index is 1.81. The average molecular weight is 288 g/mol. The van der Waals surface area contributed by atoms with Gasteiger partial charge < -0.3 is 5.32 Å². The fraction of sp³-hybridized carbons (Fsp3) is 0.333. The van der Waals surface area contributed by atoms with Crippen LogP contribution in [0.5, 0.6) is 0 Å². The number of nitrogens with one attached hydrogen (secondary N) is 1. The summed E-state index contributed by atoms with van der Waals surface area (Å²) in [6.45, 7) is 5.46. The fourth-order valence-electron chi connectivity index (χ4n) is 2.36. The average Bonchev–Trinajstić information content (AvgIpc) is 2.48. The Morgan fingerprint density at radius 2 is 1.65 bits per heavy atom. The number of rotatable bonds is 6. The topological polar surface area (TPSA) is 12.0 Å². The van der Waals surface area contributed by atoms with Crippen molar-refractivity contribution < 1.29 is 0 Å². The molecule has 0 radical (unpaired) electrons. The molecule has 0 saturated heterocycles. The van der Waals surface area contributed by atoms with E-state index in [0.29, 0.717) is 12.0 Å². The molecule has 0 fully saturated rings. The summed E-state index contributed by atoms with van der Waals surface area (Å²) >= 11 is 6.03. The lowest BCUT2D eigenvalue weighted by Crippen LogP contribution is -2.21. The first-order chi connectivity index (χ1) is 9.66. The highest BCUT2D eigenvalue weighted by molar-refractivity contribution is 6.30. The van der Waals surface area contributed by atoms with E-state index in [9.17, 15) is 0 Å². The molecule has 0 saturated carbocycles. The standard InChI is InChI=1S/C18H22ClN/c1-14(16-7-4-3-5-8-16)11-12-20-15(2)17-9-6-10-18(19)13-17/h3-10,13-15,20H,11-12H2,1-2H3/t14?,15-/m0/s1. The molecular weight excluding hydrogens is 266 g/mol. The summed E-state index contributed by atoms with van der Waals surface area (Å²) in [4.78, 5) is 0. The van der Waals surface area contributed by atoms with E-state index < -0.39 is 0 Å². The van der Waals surface area contributed by atoms with E-state index in [4.69, 9.17) is 11.6 Å². The van der Waals surface area contributed by atoms with Crippen LogP contribution in [0.25, 0.3) is 0 Å². The van der Waals surface area contributed by atoms with Crippen LogP contribution in [0.4, 0.5) is 0 Å². The number of hydrogen-bond acceptors (Lipinski definition) is 1. The molecule has 2 atom stereocenters. The van der Waals surface area contributed by atoms with Crippen LogP contribution in [0.1, 0.15) is 43.4 Å². The quantitative estimate of drug-likeness (QED) is 0.771. The van der Waals surface area contributed by atoms with Gasteiger partial charge in [-0.1, -0.05) is 61.0 Å². The molecule has 1 unspecified atom stereocenters. The van der Waals surface area contributed by atoms with Crippen LogP contribution in [0.3, 0.4) is 0 Å². The predicted octanol–water partition coefficient (Wildman–Crippen LogP) is 5.18. The van der Waals surface area contributed by atoms with Crippen LogP contribution in [0.15, 0.2) is 54.6 Å². The van der Waals surface area contributed by atoms with Gasteiger partial charge in [-0.05, 0) is 49.1 Å². The normalized spacial score (nSPS) is 13.9. The van der Waals surface area contributed by atoms with Crippen LogP contribution >= 0.6 is 11.6 Å². The zero-order valence-electron chi connectivity index (χ0n) is 12.1. The molecule has 0 aromatic heterocycles. The van der Waals surface area contributed by atoms with E-state index in [1.165, 1.54) is 11.1 Å². The van der Waals surface area contributed by atoms with Crippen LogP contribution in [-0.4, -0.2) is 6.54 Å².